The largest absolute Gasteiger partial charge is 0.198 e. The zero-order chi connectivity index (χ0) is 9.69. The lowest BCUT2D eigenvalue weighted by molar-refractivity contribution is 0.222. The van der Waals surface area contributed by atoms with Gasteiger partial charge in [-0.05, 0) is 24.7 Å². The van der Waals surface area contributed by atoms with E-state index in [-0.39, 0.29) is 0 Å². The molecule has 0 saturated heterocycles. The minimum Gasteiger partial charge on any atom is -0.198 e. The van der Waals surface area contributed by atoms with Gasteiger partial charge in [-0.2, -0.15) is 17.0 Å². The third-order valence-electron chi connectivity index (χ3n) is 3.10. The molecule has 13 heavy (non-hydrogen) atoms. The summed E-state index contributed by atoms with van der Waals surface area (Å²) >= 11 is 2.11. The Labute approximate surface area is 84.9 Å². The van der Waals surface area contributed by atoms with Crippen LogP contribution in [-0.4, -0.2) is 10.00 Å². The molecule has 1 atom stereocenters. The zero-order valence-electron chi connectivity index (χ0n) is 8.63. The zero-order valence-corrected chi connectivity index (χ0v) is 9.45. The average Bonchev–Trinajstić information content (AvgIpc) is 2.55. The van der Waals surface area contributed by atoms with Crippen molar-refractivity contribution in [1.82, 2.24) is 0 Å². The smallest absolute Gasteiger partial charge is 0.0656 e. The molecule has 0 bridgehead atoms. The van der Waals surface area contributed by atoms with E-state index in [1.54, 1.807) is 0 Å². The van der Waals surface area contributed by atoms with Crippen LogP contribution >= 0.6 is 11.8 Å². The summed E-state index contributed by atoms with van der Waals surface area (Å²) in [5.74, 6) is 0.380. The lowest BCUT2D eigenvalue weighted by Crippen LogP contribution is -2.27. The molecule has 2 saturated carbocycles. The van der Waals surface area contributed by atoms with Crippen LogP contribution in [0.15, 0.2) is 0 Å². The van der Waals surface area contributed by atoms with Crippen molar-refractivity contribution in [2.45, 2.75) is 50.0 Å². The Morgan fingerprint density at radius 3 is 2.38 bits per heavy atom. The van der Waals surface area contributed by atoms with Gasteiger partial charge in [0.1, 0.15) is 0 Å². The molecule has 0 N–H and O–H groups in total. The maximum absolute atomic E-state index is 8.71. The van der Waals surface area contributed by atoms with Gasteiger partial charge in [0, 0.05) is 15.9 Å². The standard InChI is InChI=1S/C11H17NS/c1-10(2,3)13-9-6-11(9)4-8(5-11)7-12/h8-9H,4-6H2,1-3H3. The number of nitriles is 1. The molecule has 0 heterocycles. The van der Waals surface area contributed by atoms with Crippen LogP contribution in [0.5, 0.6) is 0 Å². The first kappa shape index (κ1) is 9.40. The Bertz CT molecular complexity index is 252. The summed E-state index contributed by atoms with van der Waals surface area (Å²) in [6, 6.07) is 2.37. The first-order chi connectivity index (χ1) is 5.95. The summed E-state index contributed by atoms with van der Waals surface area (Å²) in [6.07, 6.45) is 3.72. The molecule has 1 unspecified atom stereocenters. The number of rotatable bonds is 1. The van der Waals surface area contributed by atoms with Crippen LogP contribution in [0, 0.1) is 22.7 Å². The van der Waals surface area contributed by atoms with Gasteiger partial charge in [0.05, 0.1) is 6.07 Å². The monoisotopic (exact) mass is 195 g/mol. The highest BCUT2D eigenvalue weighted by Crippen LogP contribution is 2.69. The fraction of sp³-hybridized carbons (Fsp3) is 0.909. The molecular formula is C11H17NS. The molecular weight excluding hydrogens is 178 g/mol. The summed E-state index contributed by atoms with van der Waals surface area (Å²) in [7, 11) is 0. The van der Waals surface area contributed by atoms with Crippen molar-refractivity contribution < 1.29 is 0 Å². The van der Waals surface area contributed by atoms with E-state index in [0.717, 1.165) is 5.25 Å². The van der Waals surface area contributed by atoms with Gasteiger partial charge >= 0.3 is 0 Å². The molecule has 0 amide bonds. The second kappa shape index (κ2) is 2.67. The molecule has 2 aliphatic carbocycles. The topological polar surface area (TPSA) is 23.8 Å². The van der Waals surface area contributed by atoms with Gasteiger partial charge < -0.3 is 0 Å². The fourth-order valence-electron chi connectivity index (χ4n) is 2.35. The highest BCUT2D eigenvalue weighted by Gasteiger charge is 2.62. The third-order valence-corrected chi connectivity index (χ3v) is 4.76. The van der Waals surface area contributed by atoms with Crippen LogP contribution in [0.4, 0.5) is 0 Å². The van der Waals surface area contributed by atoms with E-state index < -0.39 is 0 Å². The summed E-state index contributed by atoms with van der Waals surface area (Å²) in [6.45, 7) is 6.85. The molecule has 1 nitrogen and oxygen atoms in total. The van der Waals surface area contributed by atoms with Gasteiger partial charge in [0.25, 0.3) is 0 Å². The van der Waals surface area contributed by atoms with Gasteiger partial charge in [-0.1, -0.05) is 20.8 Å². The van der Waals surface area contributed by atoms with Crippen LogP contribution in [0.2, 0.25) is 0 Å². The highest BCUT2D eigenvalue weighted by atomic mass is 32.2. The van der Waals surface area contributed by atoms with Crippen LogP contribution in [0.1, 0.15) is 40.0 Å². The Morgan fingerprint density at radius 1 is 1.31 bits per heavy atom. The van der Waals surface area contributed by atoms with Gasteiger partial charge in [-0.15, -0.1) is 0 Å². The van der Waals surface area contributed by atoms with Gasteiger partial charge in [-0.3, -0.25) is 0 Å². The Morgan fingerprint density at radius 2 is 1.92 bits per heavy atom. The van der Waals surface area contributed by atoms with Crippen molar-refractivity contribution in [3.05, 3.63) is 0 Å². The first-order valence-corrected chi connectivity index (χ1v) is 5.91. The molecule has 0 aliphatic heterocycles. The van der Waals surface area contributed by atoms with Crippen molar-refractivity contribution in [3.63, 3.8) is 0 Å². The maximum atomic E-state index is 8.71. The minimum atomic E-state index is 0.380. The Balaban J connectivity index is 1.82. The fourth-order valence-corrected chi connectivity index (χ4v) is 4.06. The highest BCUT2D eigenvalue weighted by molar-refractivity contribution is 8.01. The number of hydrogen-bond donors (Lipinski definition) is 0. The molecule has 2 rings (SSSR count). The van der Waals surface area contributed by atoms with E-state index in [9.17, 15) is 0 Å². The van der Waals surface area contributed by atoms with E-state index >= 15 is 0 Å². The SMILES string of the molecule is CC(C)(C)SC1CC12CC(C#N)C2. The Kier molecular flexibility index (Phi) is 1.93. The van der Waals surface area contributed by atoms with Crippen LogP contribution in [-0.2, 0) is 0 Å². The molecule has 0 radical (unpaired) electrons. The predicted octanol–water partition coefficient (Wildman–Crippen LogP) is 3.21. The molecule has 1 spiro atoms. The van der Waals surface area contributed by atoms with Gasteiger partial charge in [-0.25, -0.2) is 0 Å². The minimum absolute atomic E-state index is 0.380. The summed E-state index contributed by atoms with van der Waals surface area (Å²) in [4.78, 5) is 0. The number of hydrogen-bond acceptors (Lipinski definition) is 2. The first-order valence-electron chi connectivity index (χ1n) is 5.03. The molecule has 0 aromatic heterocycles. The number of nitrogens with zero attached hydrogens (tertiary/aromatic N) is 1. The molecule has 0 aromatic carbocycles. The summed E-state index contributed by atoms with van der Waals surface area (Å²) in [5, 5.41) is 9.57. The van der Waals surface area contributed by atoms with E-state index in [0.29, 0.717) is 16.1 Å². The third kappa shape index (κ3) is 1.72. The van der Waals surface area contributed by atoms with Crippen LogP contribution in [0.25, 0.3) is 0 Å². The van der Waals surface area contributed by atoms with E-state index in [2.05, 4.69) is 38.6 Å². The average molecular weight is 195 g/mol. The molecule has 2 heteroatoms. The quantitative estimate of drug-likeness (QED) is 0.641. The molecule has 2 aliphatic rings. The van der Waals surface area contributed by atoms with Crippen molar-refractivity contribution in [2.75, 3.05) is 0 Å². The normalized spacial score (nSPS) is 42.6. The van der Waals surface area contributed by atoms with Gasteiger partial charge in [0.15, 0.2) is 0 Å². The van der Waals surface area contributed by atoms with Crippen molar-refractivity contribution in [3.8, 4) is 6.07 Å². The predicted molar refractivity (Wildman–Crippen MR) is 56.5 cm³/mol. The molecule has 72 valence electrons. The molecule has 0 aromatic rings. The lowest BCUT2D eigenvalue weighted by Gasteiger charge is -2.33. The maximum Gasteiger partial charge on any atom is 0.0656 e. The number of thioether (sulfide) groups is 1. The summed E-state index contributed by atoms with van der Waals surface area (Å²) < 4.78 is 0.395. The Hall–Kier alpha value is -0.160. The van der Waals surface area contributed by atoms with Crippen molar-refractivity contribution >= 4 is 11.8 Å². The van der Waals surface area contributed by atoms with E-state index in [1.807, 2.05) is 0 Å². The van der Waals surface area contributed by atoms with Crippen LogP contribution < -0.4 is 0 Å². The summed E-state index contributed by atoms with van der Waals surface area (Å²) in [5.41, 5.74) is 0.609. The second-order valence-corrected chi connectivity index (χ2v) is 7.55. The van der Waals surface area contributed by atoms with Gasteiger partial charge in [0.2, 0.25) is 0 Å². The van der Waals surface area contributed by atoms with Crippen molar-refractivity contribution in [1.29, 1.82) is 5.26 Å². The molecule has 2 fully saturated rings. The lowest BCUT2D eigenvalue weighted by atomic mass is 9.73. The van der Waals surface area contributed by atoms with Crippen LogP contribution in [0.3, 0.4) is 0 Å². The van der Waals surface area contributed by atoms with E-state index in [1.165, 1.54) is 19.3 Å². The second-order valence-electron chi connectivity index (χ2n) is 5.52. The van der Waals surface area contributed by atoms with Crippen molar-refractivity contribution in [2.24, 2.45) is 11.3 Å². The van der Waals surface area contributed by atoms with E-state index in [4.69, 9.17) is 5.26 Å².